The van der Waals surface area contributed by atoms with Crippen molar-refractivity contribution in [3.63, 3.8) is 0 Å². The van der Waals surface area contributed by atoms with Crippen LogP contribution < -0.4 is 30.9 Å². The second kappa shape index (κ2) is 31.0. The van der Waals surface area contributed by atoms with Crippen LogP contribution in [0.2, 0.25) is 0 Å². The summed E-state index contributed by atoms with van der Waals surface area (Å²) < 4.78 is 65.1. The topological polar surface area (TPSA) is 233 Å². The average molecular weight is 1330 g/mol. The fourth-order valence-corrected chi connectivity index (χ4v) is 13.6. The SMILES string of the molecule is COc1ccc(C(Nc2ccn([C@@H]3OC(COP(=O)(NCc4ccccc4)OCCSC(=O)C(C)(C)COC(c4ccccc4)(c4ccccc4)c4ccccc4)[C@@H](OC(=O)C(NC(=O)OC(C)(C)C)C(C)C)[C@@]3(C)O)c(=O)n2)(c2ccccc2)c2ccc(OC)cc2)cc1. The van der Waals surface area contributed by atoms with Gasteiger partial charge in [0.2, 0.25) is 0 Å². The minimum atomic E-state index is -4.44. The van der Waals surface area contributed by atoms with Gasteiger partial charge >= 0.3 is 25.5 Å². The second-order valence-electron chi connectivity index (χ2n) is 25.2. The molecular formula is C74H84N5O14PS. The summed E-state index contributed by atoms with van der Waals surface area (Å²) in [5.41, 5.74) is -1.67. The van der Waals surface area contributed by atoms with Crippen LogP contribution in [0.15, 0.2) is 217 Å². The first-order valence-corrected chi connectivity index (χ1v) is 33.9. The van der Waals surface area contributed by atoms with E-state index in [0.717, 1.165) is 55.3 Å². The van der Waals surface area contributed by atoms with Crippen LogP contribution in [-0.4, -0.2) is 101 Å². The Hall–Kier alpha value is -8.43. The minimum Gasteiger partial charge on any atom is -0.497 e. The number of rotatable bonds is 29. The van der Waals surface area contributed by atoms with E-state index in [-0.39, 0.29) is 36.4 Å². The lowest BCUT2D eigenvalue weighted by atomic mass is 9.77. The number of ether oxygens (including phenoxy) is 6. The number of aliphatic hydroxyl groups is 1. The van der Waals surface area contributed by atoms with Crippen LogP contribution in [0.25, 0.3) is 0 Å². The minimum absolute atomic E-state index is 0.00116. The molecule has 9 rings (SSSR count). The van der Waals surface area contributed by atoms with Crippen LogP contribution in [0.1, 0.15) is 101 Å². The van der Waals surface area contributed by atoms with Gasteiger partial charge in [0, 0.05) is 18.5 Å². The number of esters is 1. The van der Waals surface area contributed by atoms with E-state index in [9.17, 15) is 24.3 Å². The van der Waals surface area contributed by atoms with Gasteiger partial charge < -0.3 is 44.2 Å². The van der Waals surface area contributed by atoms with Crippen LogP contribution in [0.5, 0.6) is 11.5 Å². The Kier molecular flexibility index (Phi) is 23.1. The van der Waals surface area contributed by atoms with Crippen molar-refractivity contribution in [3.05, 3.63) is 262 Å². The summed E-state index contributed by atoms with van der Waals surface area (Å²) in [5, 5.41) is 21.7. The number of aromatic nitrogens is 2. The molecule has 8 aromatic rings. The molecule has 1 aliphatic heterocycles. The zero-order chi connectivity index (χ0) is 68.0. The Labute approximate surface area is 559 Å². The maximum atomic E-state index is 15.2. The number of amides is 1. The van der Waals surface area contributed by atoms with Gasteiger partial charge in [-0.2, -0.15) is 4.98 Å². The lowest BCUT2D eigenvalue weighted by molar-refractivity contribution is -0.167. The molecule has 0 saturated carbocycles. The molecule has 7 aromatic carbocycles. The summed E-state index contributed by atoms with van der Waals surface area (Å²) in [4.78, 5) is 61.4. The van der Waals surface area contributed by atoms with E-state index in [0.29, 0.717) is 11.5 Å². The molecule has 1 aromatic heterocycles. The number of thioether (sulfide) groups is 1. The summed E-state index contributed by atoms with van der Waals surface area (Å²) in [6.45, 7) is 12.5. The summed E-state index contributed by atoms with van der Waals surface area (Å²) >= 11 is 0.986. The van der Waals surface area contributed by atoms with Gasteiger partial charge in [-0.05, 0) is 117 Å². The number of alkyl carbamates (subject to hydrolysis) is 1. The summed E-state index contributed by atoms with van der Waals surface area (Å²) in [7, 11) is -1.28. The molecule has 0 spiro atoms. The normalized spacial score (nSPS) is 17.7. The van der Waals surface area contributed by atoms with Gasteiger partial charge in [0.1, 0.15) is 51.8 Å². The zero-order valence-corrected chi connectivity index (χ0v) is 56.8. The highest BCUT2D eigenvalue weighted by molar-refractivity contribution is 8.13. The highest BCUT2D eigenvalue weighted by Gasteiger charge is 2.58. The van der Waals surface area contributed by atoms with E-state index in [1.165, 1.54) is 13.1 Å². The fraction of sp³-hybridized carbons (Fsp3) is 0.338. The maximum Gasteiger partial charge on any atom is 0.408 e. The van der Waals surface area contributed by atoms with Crippen molar-refractivity contribution in [2.45, 2.75) is 109 Å². The summed E-state index contributed by atoms with van der Waals surface area (Å²) in [6.07, 6.45) is -4.28. The van der Waals surface area contributed by atoms with E-state index < -0.39 is 90.3 Å². The Morgan fingerprint density at radius 3 is 1.64 bits per heavy atom. The molecule has 0 bridgehead atoms. The largest absolute Gasteiger partial charge is 0.497 e. The maximum absolute atomic E-state index is 15.2. The number of benzene rings is 7. The highest BCUT2D eigenvalue weighted by atomic mass is 32.2. The summed E-state index contributed by atoms with van der Waals surface area (Å²) in [6, 6.07) is 63.6. The first-order chi connectivity index (χ1) is 45.4. The molecule has 1 aliphatic rings. The van der Waals surface area contributed by atoms with Crippen molar-refractivity contribution in [1.29, 1.82) is 0 Å². The molecule has 21 heteroatoms. The fourth-order valence-electron chi connectivity index (χ4n) is 11.3. The molecule has 3 unspecified atom stereocenters. The van der Waals surface area contributed by atoms with Crippen molar-refractivity contribution in [2.24, 2.45) is 11.3 Å². The number of anilines is 1. The molecule has 6 atom stereocenters. The van der Waals surface area contributed by atoms with Crippen molar-refractivity contribution >= 4 is 42.5 Å². The second-order valence-corrected chi connectivity index (χ2v) is 28.1. The quantitative estimate of drug-likeness (QED) is 0.0148. The number of carbonyl (C=O) groups excluding carboxylic acids is 3. The predicted octanol–water partition coefficient (Wildman–Crippen LogP) is 13.0. The molecule has 1 fully saturated rings. The Balaban J connectivity index is 0.990. The first kappa shape index (κ1) is 70.9. The lowest BCUT2D eigenvalue weighted by Crippen LogP contribution is -2.53. The van der Waals surface area contributed by atoms with Gasteiger partial charge in [-0.3, -0.25) is 18.4 Å². The van der Waals surface area contributed by atoms with Crippen LogP contribution >= 0.6 is 19.5 Å². The Bertz CT molecular complexity index is 3770. The third-order valence-corrected chi connectivity index (χ3v) is 19.0. The number of nitrogens with zero attached hydrogens (tertiary/aromatic N) is 2. The van der Waals surface area contributed by atoms with E-state index >= 15 is 4.57 Å². The third kappa shape index (κ3) is 17.0. The Morgan fingerprint density at radius 2 is 1.17 bits per heavy atom. The number of hydrogen-bond acceptors (Lipinski definition) is 17. The van der Waals surface area contributed by atoms with Gasteiger partial charge in [0.25, 0.3) is 0 Å². The van der Waals surface area contributed by atoms with Crippen LogP contribution in [0.4, 0.5) is 10.6 Å². The van der Waals surface area contributed by atoms with Crippen LogP contribution in [0.3, 0.4) is 0 Å². The molecule has 0 radical (unpaired) electrons. The van der Waals surface area contributed by atoms with E-state index in [1.807, 2.05) is 214 Å². The monoisotopic (exact) mass is 1330 g/mol. The lowest BCUT2D eigenvalue weighted by Gasteiger charge is -2.38. The van der Waals surface area contributed by atoms with Gasteiger partial charge in [-0.25, -0.2) is 24.0 Å². The molecule has 2 heterocycles. The van der Waals surface area contributed by atoms with Gasteiger partial charge in [-0.15, -0.1) is 0 Å². The average Bonchev–Trinajstić information content (AvgIpc) is 1.60. The van der Waals surface area contributed by atoms with Crippen molar-refractivity contribution in [3.8, 4) is 11.5 Å². The predicted molar refractivity (Wildman–Crippen MR) is 366 cm³/mol. The number of carbonyl (C=O) groups is 3. The summed E-state index contributed by atoms with van der Waals surface area (Å²) in [5.74, 6) is -0.128. The molecule has 0 aliphatic carbocycles. The van der Waals surface area contributed by atoms with Gasteiger partial charge in [0.05, 0.1) is 39.5 Å². The van der Waals surface area contributed by atoms with Crippen LogP contribution in [-0.2, 0) is 59.8 Å². The molecule has 500 valence electrons. The Morgan fingerprint density at radius 1 is 0.684 bits per heavy atom. The highest BCUT2D eigenvalue weighted by Crippen LogP contribution is 2.49. The van der Waals surface area contributed by atoms with Crippen molar-refractivity contribution in [2.75, 3.05) is 45.1 Å². The van der Waals surface area contributed by atoms with E-state index in [2.05, 4.69) is 20.7 Å². The van der Waals surface area contributed by atoms with Crippen molar-refractivity contribution < 1.29 is 61.5 Å². The molecule has 95 heavy (non-hydrogen) atoms. The first-order valence-electron chi connectivity index (χ1n) is 31.4. The smallest absolute Gasteiger partial charge is 0.408 e. The standard InChI is InChI=1S/C74H84N5O14PS/c1-51(2)63(77-69(83)93-70(3,4)5)65(80)92-64-61(91-66(72(64,8)84)79-45-44-62(76-68(79)82)78-73(53-28-18-12-19-29-53,54-36-40-59(86-9)41-37-54)55-38-42-60(87-10)43-39-55)49-90-94(85,75-48-52-26-16-11-17-27-52)89-46-47-95-67(81)71(6,7)50-88-74(56-30-20-13-21-31-56,57-32-22-14-23-33-57)58-34-24-15-25-35-58/h11-45,51,61,63-64,66,84H,46-50H2,1-10H3,(H,75,85)(H,77,83)(H,76,78,82)/t61?,63?,64-,66-,72-,94?/m1/s1. The van der Waals surface area contributed by atoms with Gasteiger partial charge in [0.15, 0.2) is 17.4 Å². The van der Waals surface area contributed by atoms with Crippen molar-refractivity contribution in [1.82, 2.24) is 20.0 Å². The number of methoxy groups -OCH3 is 2. The van der Waals surface area contributed by atoms with Gasteiger partial charge in [-0.1, -0.05) is 202 Å². The molecule has 4 N–H and O–H groups in total. The molecule has 19 nitrogen and oxygen atoms in total. The van der Waals surface area contributed by atoms with E-state index in [1.54, 1.807) is 54.9 Å². The molecular weight excluding hydrogens is 1250 g/mol. The molecule has 1 amide bonds. The number of hydrogen-bond donors (Lipinski definition) is 4. The third-order valence-electron chi connectivity index (χ3n) is 16.3. The molecule has 1 saturated heterocycles. The number of nitrogens with one attached hydrogen (secondary N) is 3. The van der Waals surface area contributed by atoms with E-state index in [4.69, 9.17) is 37.5 Å². The zero-order valence-electron chi connectivity index (χ0n) is 55.1. The van der Waals surface area contributed by atoms with Crippen LogP contribution in [0, 0.1) is 11.3 Å².